The van der Waals surface area contributed by atoms with Crippen molar-refractivity contribution in [2.75, 3.05) is 11.9 Å². The first kappa shape index (κ1) is 17.2. The molecular weight excluding hydrogens is 392 g/mol. The number of nitrogens with one attached hydrogen (secondary N) is 1. The highest BCUT2D eigenvalue weighted by Gasteiger charge is 2.67. The van der Waals surface area contributed by atoms with Crippen LogP contribution in [-0.2, 0) is 4.79 Å². The second-order valence-corrected chi connectivity index (χ2v) is 6.96. The zero-order valence-electron chi connectivity index (χ0n) is 13.1. The number of azide groups is 1. The second kappa shape index (κ2) is 6.38. The van der Waals surface area contributed by atoms with Crippen LogP contribution < -0.4 is 5.32 Å². The Kier molecular flexibility index (Phi) is 4.40. The number of nitrogens with zero attached hydrogens (tertiary/aromatic N) is 5. The number of likely N-dealkylation sites (tertiary alicyclic amines) is 1. The van der Waals surface area contributed by atoms with Crippen molar-refractivity contribution in [3.8, 4) is 0 Å². The molecule has 0 bridgehead atoms. The zero-order chi connectivity index (χ0) is 18.2. The number of hydrogen-bond acceptors (Lipinski definition) is 4. The smallest absolute Gasteiger partial charge is 0.408 e. The average Bonchev–Trinajstić information content (AvgIpc) is 3.17. The molecule has 0 aromatic carbocycles. The number of carbonyl (C=O) groups excluding carboxylic acids is 1. The number of pyridine rings is 1. The van der Waals surface area contributed by atoms with Crippen LogP contribution in [0.1, 0.15) is 18.4 Å². The van der Waals surface area contributed by atoms with Gasteiger partial charge in [0.05, 0.1) is 0 Å². The molecule has 1 saturated carbocycles. The van der Waals surface area contributed by atoms with E-state index in [1.54, 1.807) is 18.2 Å². The Morgan fingerprint density at radius 3 is 3.00 bits per heavy atom. The molecule has 0 unspecified atom stereocenters. The van der Waals surface area contributed by atoms with Gasteiger partial charge in [-0.2, -0.15) is 0 Å². The van der Waals surface area contributed by atoms with Crippen molar-refractivity contribution >= 4 is 39.8 Å². The van der Waals surface area contributed by atoms with Crippen molar-refractivity contribution in [1.82, 2.24) is 9.88 Å². The Morgan fingerprint density at radius 1 is 1.60 bits per heavy atom. The summed E-state index contributed by atoms with van der Waals surface area (Å²) in [5.74, 6) is -0.145. The number of amides is 2. The number of carboxylic acid groups (broad SMARTS) is 1. The molecular formula is C15H15BrN6O3. The maximum absolute atomic E-state index is 12.7. The van der Waals surface area contributed by atoms with Crippen LogP contribution in [0.25, 0.3) is 16.5 Å². The first-order chi connectivity index (χ1) is 11.9. The van der Waals surface area contributed by atoms with E-state index in [9.17, 15) is 14.7 Å². The Labute approximate surface area is 151 Å². The summed E-state index contributed by atoms with van der Waals surface area (Å²) in [6.45, 7) is 3.86. The van der Waals surface area contributed by atoms with Gasteiger partial charge in [0.2, 0.25) is 5.91 Å². The van der Waals surface area contributed by atoms with Gasteiger partial charge in [-0.1, -0.05) is 17.8 Å². The maximum atomic E-state index is 12.7. The minimum Gasteiger partial charge on any atom is -0.465 e. The van der Waals surface area contributed by atoms with Gasteiger partial charge in [-0.15, -0.1) is 0 Å². The van der Waals surface area contributed by atoms with Crippen molar-refractivity contribution < 1.29 is 14.7 Å². The quantitative estimate of drug-likeness (QED) is 0.336. The molecule has 3 rings (SSSR count). The van der Waals surface area contributed by atoms with Crippen LogP contribution in [0.3, 0.4) is 0 Å². The third-order valence-corrected chi connectivity index (χ3v) is 5.19. The lowest BCUT2D eigenvalue weighted by Gasteiger charge is -2.24. The first-order valence-corrected chi connectivity index (χ1v) is 8.33. The van der Waals surface area contributed by atoms with Crippen molar-refractivity contribution in [2.24, 2.45) is 10.5 Å². The van der Waals surface area contributed by atoms with Crippen molar-refractivity contribution in [3.05, 3.63) is 39.3 Å². The number of fused-ring (bicyclic) bond motifs is 1. The number of halogens is 1. The number of aromatic nitrogens is 1. The molecule has 3 atom stereocenters. The van der Waals surface area contributed by atoms with Crippen molar-refractivity contribution in [3.63, 3.8) is 0 Å². The largest absolute Gasteiger partial charge is 0.465 e. The molecule has 2 fully saturated rings. The highest BCUT2D eigenvalue weighted by atomic mass is 79.9. The molecule has 10 heteroatoms. The predicted octanol–water partition coefficient (Wildman–Crippen LogP) is 3.25. The van der Waals surface area contributed by atoms with E-state index in [1.807, 2.05) is 0 Å². The van der Waals surface area contributed by atoms with E-state index in [4.69, 9.17) is 5.53 Å². The molecule has 2 aliphatic rings. The minimum absolute atomic E-state index is 0.189. The summed E-state index contributed by atoms with van der Waals surface area (Å²) in [6.07, 6.45) is 1.33. The van der Waals surface area contributed by atoms with Crippen LogP contribution in [0, 0.1) is 5.41 Å². The van der Waals surface area contributed by atoms with Gasteiger partial charge in [-0.3, -0.25) is 9.69 Å². The van der Waals surface area contributed by atoms with Gasteiger partial charge in [-0.25, -0.2) is 9.78 Å². The molecule has 9 nitrogen and oxygen atoms in total. The fraction of sp³-hybridized carbons (Fsp3) is 0.400. The lowest BCUT2D eigenvalue weighted by atomic mass is 9.99. The van der Waals surface area contributed by atoms with E-state index < -0.39 is 23.5 Å². The van der Waals surface area contributed by atoms with Gasteiger partial charge in [0.15, 0.2) is 0 Å². The summed E-state index contributed by atoms with van der Waals surface area (Å²) < 4.78 is 0.539. The summed E-state index contributed by atoms with van der Waals surface area (Å²) in [5, 5.41) is 15.7. The molecule has 2 amide bonds. The van der Waals surface area contributed by atoms with Gasteiger partial charge in [-0.05, 0) is 46.4 Å². The van der Waals surface area contributed by atoms with Crippen molar-refractivity contribution in [2.45, 2.75) is 24.9 Å². The second-order valence-electron chi connectivity index (χ2n) is 6.15. The van der Waals surface area contributed by atoms with Crippen LogP contribution in [0.4, 0.5) is 10.6 Å². The molecule has 25 heavy (non-hydrogen) atoms. The highest BCUT2D eigenvalue weighted by Crippen LogP contribution is 2.59. The van der Waals surface area contributed by atoms with Gasteiger partial charge < -0.3 is 10.4 Å². The fourth-order valence-corrected chi connectivity index (χ4v) is 3.75. The number of rotatable bonds is 5. The van der Waals surface area contributed by atoms with Gasteiger partial charge in [0.1, 0.15) is 16.5 Å². The van der Waals surface area contributed by atoms with E-state index >= 15 is 0 Å². The van der Waals surface area contributed by atoms with E-state index in [2.05, 4.69) is 42.8 Å². The molecule has 1 aromatic heterocycles. The third kappa shape index (κ3) is 3.06. The molecule has 1 aliphatic carbocycles. The van der Waals surface area contributed by atoms with E-state index in [0.29, 0.717) is 28.8 Å². The lowest BCUT2D eigenvalue weighted by molar-refractivity contribution is -0.120. The lowest BCUT2D eigenvalue weighted by Crippen LogP contribution is -2.45. The zero-order valence-corrected chi connectivity index (χ0v) is 14.7. The number of hydrogen-bond donors (Lipinski definition) is 2. The SMILES string of the molecule is C=Cc1ccc(Br)nc1NC(=O)[C@@H]1C[C@@]2(CN=[N+]=[N-])C[C@H]2N1C(=O)O. The van der Waals surface area contributed by atoms with E-state index in [1.165, 1.54) is 0 Å². The molecule has 1 aliphatic heterocycles. The molecule has 2 heterocycles. The number of carbonyl (C=O) groups is 2. The Hall–Kier alpha value is -2.58. The van der Waals surface area contributed by atoms with E-state index in [-0.39, 0.29) is 12.6 Å². The summed E-state index contributed by atoms with van der Waals surface area (Å²) in [6, 6.07) is 2.32. The van der Waals surface area contributed by atoms with Crippen LogP contribution in [0.15, 0.2) is 28.4 Å². The topological polar surface area (TPSA) is 131 Å². The number of piperidine rings is 1. The standard InChI is InChI=1S/C15H15BrN6O3/c1-2-8-3-4-11(16)19-12(8)20-13(23)9-5-15(7-18-21-17)6-10(15)22(9)14(24)25/h2-4,9-10H,1,5-7H2,(H,24,25)(H,19,20,23)/t9-,10+,15-/m0/s1. The number of anilines is 1. The Balaban J connectivity index is 1.82. The third-order valence-electron chi connectivity index (χ3n) is 4.74. The van der Waals surface area contributed by atoms with Crippen LogP contribution in [0.2, 0.25) is 0 Å². The van der Waals surface area contributed by atoms with Gasteiger partial charge in [0.25, 0.3) is 0 Å². The summed E-state index contributed by atoms with van der Waals surface area (Å²) in [4.78, 5) is 32.4. The van der Waals surface area contributed by atoms with Crippen LogP contribution in [-0.4, -0.2) is 45.6 Å². The van der Waals surface area contributed by atoms with Crippen molar-refractivity contribution in [1.29, 1.82) is 0 Å². The fourth-order valence-electron chi connectivity index (χ4n) is 3.44. The monoisotopic (exact) mass is 406 g/mol. The Morgan fingerprint density at radius 2 is 2.36 bits per heavy atom. The normalized spacial score (nSPS) is 26.4. The van der Waals surface area contributed by atoms with E-state index in [0.717, 1.165) is 4.90 Å². The first-order valence-electron chi connectivity index (χ1n) is 7.54. The molecule has 0 radical (unpaired) electrons. The van der Waals surface area contributed by atoms with Gasteiger partial charge >= 0.3 is 6.09 Å². The highest BCUT2D eigenvalue weighted by molar-refractivity contribution is 9.10. The van der Waals surface area contributed by atoms with Gasteiger partial charge in [0, 0.05) is 28.5 Å². The summed E-state index contributed by atoms with van der Waals surface area (Å²) in [5.41, 5.74) is 8.71. The summed E-state index contributed by atoms with van der Waals surface area (Å²) in [7, 11) is 0. The minimum atomic E-state index is -1.16. The summed E-state index contributed by atoms with van der Waals surface area (Å²) >= 11 is 3.24. The Bertz CT molecular complexity index is 808. The molecule has 2 N–H and O–H groups in total. The van der Waals surface area contributed by atoms with Crippen LogP contribution in [0.5, 0.6) is 0 Å². The molecule has 130 valence electrons. The molecule has 1 aromatic rings. The molecule has 1 saturated heterocycles. The molecule has 0 spiro atoms. The average molecular weight is 407 g/mol. The maximum Gasteiger partial charge on any atom is 0.408 e. The van der Waals surface area contributed by atoms with Crippen LogP contribution >= 0.6 is 15.9 Å². The predicted molar refractivity (Wildman–Crippen MR) is 93.8 cm³/mol.